The number of nitrogens with zero attached hydrogens (tertiary/aromatic N) is 2. The smallest absolute Gasteiger partial charge is 0.129 e. The molecule has 5 nitrogen and oxygen atoms in total. The van der Waals surface area contributed by atoms with Crippen LogP contribution in [0.2, 0.25) is 0 Å². The second-order valence-electron chi connectivity index (χ2n) is 5.85. The van der Waals surface area contributed by atoms with E-state index in [1.165, 1.54) is 0 Å². The number of nitrogens with one attached hydrogen (secondary N) is 1. The van der Waals surface area contributed by atoms with Gasteiger partial charge in [0.15, 0.2) is 0 Å². The van der Waals surface area contributed by atoms with Crippen LogP contribution >= 0.6 is 0 Å². The van der Waals surface area contributed by atoms with Crippen LogP contribution in [0.3, 0.4) is 0 Å². The van der Waals surface area contributed by atoms with E-state index in [0.29, 0.717) is 18.6 Å². The topological polar surface area (TPSA) is 46.6 Å². The number of rotatable bonds is 6. The van der Waals surface area contributed by atoms with Crippen molar-refractivity contribution < 1.29 is 9.47 Å². The lowest BCUT2D eigenvalue weighted by molar-refractivity contribution is 0.122. The molecule has 1 saturated heterocycles. The minimum Gasteiger partial charge on any atom is -0.383 e. The molecule has 2 rings (SSSR count). The molecule has 21 heavy (non-hydrogen) atoms. The lowest BCUT2D eigenvalue weighted by Crippen LogP contribution is -2.37. The van der Waals surface area contributed by atoms with Crippen LogP contribution in [0, 0.1) is 12.8 Å². The number of pyridine rings is 1. The van der Waals surface area contributed by atoms with E-state index in [9.17, 15) is 0 Å². The summed E-state index contributed by atoms with van der Waals surface area (Å²) in [6.45, 7) is 10.5. The Morgan fingerprint density at radius 2 is 2.05 bits per heavy atom. The number of methoxy groups -OCH3 is 1. The van der Waals surface area contributed by atoms with E-state index in [2.05, 4.69) is 43.1 Å². The standard InChI is InChI=1S/C16H27N3O2/c1-12(2)15(11-20-4)18-14-5-6-16(17-13(14)3)19-7-9-21-10-8-19/h5-6,12,15,18H,7-11H2,1-4H3/t15-/m1/s1. The van der Waals surface area contributed by atoms with Crippen LogP contribution in [0.15, 0.2) is 12.1 Å². The number of aromatic nitrogens is 1. The molecule has 1 aromatic heterocycles. The van der Waals surface area contributed by atoms with E-state index < -0.39 is 0 Å². The second-order valence-corrected chi connectivity index (χ2v) is 5.85. The number of hydrogen-bond acceptors (Lipinski definition) is 5. The van der Waals surface area contributed by atoms with Crippen LogP contribution in [0.1, 0.15) is 19.5 Å². The van der Waals surface area contributed by atoms with Gasteiger partial charge in [0, 0.05) is 20.2 Å². The summed E-state index contributed by atoms with van der Waals surface area (Å²) < 4.78 is 10.7. The first kappa shape index (κ1) is 16.0. The molecule has 2 heterocycles. The van der Waals surface area contributed by atoms with Gasteiger partial charge in [-0.05, 0) is 25.0 Å². The Morgan fingerprint density at radius 3 is 2.62 bits per heavy atom. The van der Waals surface area contributed by atoms with Crippen molar-refractivity contribution in [3.63, 3.8) is 0 Å². The molecular weight excluding hydrogens is 266 g/mol. The van der Waals surface area contributed by atoms with Crippen LogP contribution in [0.5, 0.6) is 0 Å². The SMILES string of the molecule is COC[C@@H](Nc1ccc(N2CCOCC2)nc1C)C(C)C. The minimum atomic E-state index is 0.296. The number of anilines is 2. The fourth-order valence-corrected chi connectivity index (χ4v) is 2.45. The normalized spacial score (nSPS) is 17.1. The Kier molecular flexibility index (Phi) is 5.82. The first-order valence-electron chi connectivity index (χ1n) is 7.67. The van der Waals surface area contributed by atoms with Crippen molar-refractivity contribution in [2.24, 2.45) is 5.92 Å². The van der Waals surface area contributed by atoms with Crippen molar-refractivity contribution in [2.75, 3.05) is 50.2 Å². The first-order valence-corrected chi connectivity index (χ1v) is 7.67. The first-order chi connectivity index (χ1) is 10.1. The number of aryl methyl sites for hydroxylation is 1. The van der Waals surface area contributed by atoms with Crippen LogP contribution in [0.25, 0.3) is 0 Å². The summed E-state index contributed by atoms with van der Waals surface area (Å²) in [5, 5.41) is 3.55. The molecule has 5 heteroatoms. The Labute approximate surface area is 127 Å². The molecule has 0 saturated carbocycles. The molecular formula is C16H27N3O2. The zero-order chi connectivity index (χ0) is 15.2. The predicted molar refractivity (Wildman–Crippen MR) is 86.1 cm³/mol. The molecule has 1 fully saturated rings. The van der Waals surface area contributed by atoms with E-state index in [4.69, 9.17) is 14.5 Å². The van der Waals surface area contributed by atoms with Gasteiger partial charge in [0.2, 0.25) is 0 Å². The van der Waals surface area contributed by atoms with E-state index >= 15 is 0 Å². The molecule has 0 bridgehead atoms. The van der Waals surface area contributed by atoms with Crippen molar-refractivity contribution in [3.8, 4) is 0 Å². The summed E-state index contributed by atoms with van der Waals surface area (Å²) in [7, 11) is 1.74. The summed E-state index contributed by atoms with van der Waals surface area (Å²) in [6.07, 6.45) is 0. The molecule has 0 aliphatic carbocycles. The van der Waals surface area contributed by atoms with Crippen LogP contribution in [-0.2, 0) is 9.47 Å². The summed E-state index contributed by atoms with van der Waals surface area (Å²) in [5.41, 5.74) is 2.11. The summed E-state index contributed by atoms with van der Waals surface area (Å²) in [4.78, 5) is 7.01. The molecule has 1 atom stereocenters. The Morgan fingerprint density at radius 1 is 1.33 bits per heavy atom. The van der Waals surface area contributed by atoms with Crippen molar-refractivity contribution in [2.45, 2.75) is 26.8 Å². The zero-order valence-electron chi connectivity index (χ0n) is 13.6. The fourth-order valence-electron chi connectivity index (χ4n) is 2.45. The van der Waals surface area contributed by atoms with Crippen LogP contribution in [-0.4, -0.2) is 51.0 Å². The maximum absolute atomic E-state index is 5.39. The minimum absolute atomic E-state index is 0.296. The maximum Gasteiger partial charge on any atom is 0.129 e. The summed E-state index contributed by atoms with van der Waals surface area (Å²) in [5.74, 6) is 1.54. The maximum atomic E-state index is 5.39. The third kappa shape index (κ3) is 4.32. The second kappa shape index (κ2) is 7.61. The van der Waals surface area contributed by atoms with Crippen LogP contribution < -0.4 is 10.2 Å². The average molecular weight is 293 g/mol. The molecule has 1 aliphatic rings. The fraction of sp³-hybridized carbons (Fsp3) is 0.688. The monoisotopic (exact) mass is 293 g/mol. The third-order valence-electron chi connectivity index (χ3n) is 3.90. The van der Waals surface area contributed by atoms with Gasteiger partial charge < -0.3 is 19.7 Å². The van der Waals surface area contributed by atoms with Crippen molar-refractivity contribution in [3.05, 3.63) is 17.8 Å². The average Bonchev–Trinajstić information content (AvgIpc) is 2.49. The lowest BCUT2D eigenvalue weighted by Gasteiger charge is -2.29. The summed E-state index contributed by atoms with van der Waals surface area (Å²) in [6, 6.07) is 4.51. The number of ether oxygens (including phenoxy) is 2. The Bertz CT molecular complexity index is 445. The molecule has 1 N–H and O–H groups in total. The van der Waals surface area contributed by atoms with Gasteiger partial charge >= 0.3 is 0 Å². The third-order valence-corrected chi connectivity index (χ3v) is 3.90. The molecule has 1 aromatic rings. The molecule has 1 aliphatic heterocycles. The van der Waals surface area contributed by atoms with Crippen LogP contribution in [0.4, 0.5) is 11.5 Å². The Hall–Kier alpha value is -1.33. The molecule has 0 radical (unpaired) electrons. The van der Waals surface area contributed by atoms with Crippen molar-refractivity contribution in [1.29, 1.82) is 0 Å². The molecule has 0 spiro atoms. The van der Waals surface area contributed by atoms with E-state index in [1.54, 1.807) is 7.11 Å². The zero-order valence-corrected chi connectivity index (χ0v) is 13.6. The quantitative estimate of drug-likeness (QED) is 0.872. The highest BCUT2D eigenvalue weighted by Crippen LogP contribution is 2.21. The van der Waals surface area contributed by atoms with Gasteiger partial charge in [0.25, 0.3) is 0 Å². The molecule has 0 unspecified atom stereocenters. The molecule has 0 aromatic carbocycles. The van der Waals surface area contributed by atoms with Crippen molar-refractivity contribution >= 4 is 11.5 Å². The van der Waals surface area contributed by atoms with E-state index in [0.717, 1.165) is 43.5 Å². The highest BCUT2D eigenvalue weighted by molar-refractivity contribution is 5.54. The highest BCUT2D eigenvalue weighted by atomic mass is 16.5. The predicted octanol–water partition coefficient (Wildman–Crippen LogP) is 2.31. The van der Waals surface area contributed by atoms with Gasteiger partial charge in [-0.25, -0.2) is 4.98 Å². The molecule has 0 amide bonds. The van der Waals surface area contributed by atoms with Crippen molar-refractivity contribution in [1.82, 2.24) is 4.98 Å². The van der Waals surface area contributed by atoms with Gasteiger partial charge in [-0.2, -0.15) is 0 Å². The molecule has 118 valence electrons. The number of hydrogen-bond donors (Lipinski definition) is 1. The lowest BCUT2D eigenvalue weighted by atomic mass is 10.0. The van der Waals surface area contributed by atoms with Gasteiger partial charge in [0.05, 0.1) is 37.2 Å². The van der Waals surface area contributed by atoms with Gasteiger partial charge in [-0.3, -0.25) is 0 Å². The Balaban J connectivity index is 2.07. The number of morpholine rings is 1. The van der Waals surface area contributed by atoms with Gasteiger partial charge in [-0.15, -0.1) is 0 Å². The van der Waals surface area contributed by atoms with E-state index in [-0.39, 0.29) is 0 Å². The van der Waals surface area contributed by atoms with Gasteiger partial charge in [-0.1, -0.05) is 13.8 Å². The highest BCUT2D eigenvalue weighted by Gasteiger charge is 2.16. The largest absolute Gasteiger partial charge is 0.383 e. The van der Waals surface area contributed by atoms with E-state index in [1.807, 2.05) is 0 Å². The summed E-state index contributed by atoms with van der Waals surface area (Å²) >= 11 is 0. The van der Waals surface area contributed by atoms with Gasteiger partial charge in [0.1, 0.15) is 5.82 Å².